The minimum absolute atomic E-state index is 0.0512. The number of aryl methyl sites for hydroxylation is 1. The number of carbonyl (C=O) groups excluding carboxylic acids is 1. The van der Waals surface area contributed by atoms with Crippen LogP contribution in [0.4, 0.5) is 5.69 Å². The molecule has 0 aromatic heterocycles. The zero-order valence-electron chi connectivity index (χ0n) is 11.2. The number of benzene rings is 1. The zero-order valence-corrected chi connectivity index (χ0v) is 11.2. The fraction of sp³-hybridized carbons (Fsp3) is 0.429. The second-order valence-corrected chi connectivity index (χ2v) is 4.98. The molecular formula is C14H15N3O3. The molecule has 0 bridgehead atoms. The van der Waals surface area contributed by atoms with Crippen LogP contribution in [0.15, 0.2) is 18.2 Å². The summed E-state index contributed by atoms with van der Waals surface area (Å²) in [4.78, 5) is 24.4. The Bertz CT molecular complexity index is 592. The molecule has 1 aromatic carbocycles. The van der Waals surface area contributed by atoms with Crippen molar-refractivity contribution in [2.75, 3.05) is 13.1 Å². The molecule has 0 spiro atoms. The predicted molar refractivity (Wildman–Crippen MR) is 72.1 cm³/mol. The lowest BCUT2D eigenvalue weighted by Crippen LogP contribution is -2.39. The van der Waals surface area contributed by atoms with Gasteiger partial charge in [-0.25, -0.2) is 0 Å². The van der Waals surface area contributed by atoms with E-state index in [1.54, 1.807) is 24.0 Å². The molecule has 1 aromatic rings. The van der Waals surface area contributed by atoms with E-state index >= 15 is 0 Å². The molecule has 1 saturated heterocycles. The zero-order chi connectivity index (χ0) is 14.7. The molecule has 1 unspecified atom stereocenters. The number of nitro groups is 1. The quantitative estimate of drug-likeness (QED) is 0.611. The number of nitriles is 1. The minimum atomic E-state index is -0.486. The van der Waals surface area contributed by atoms with Gasteiger partial charge in [0.1, 0.15) is 0 Å². The summed E-state index contributed by atoms with van der Waals surface area (Å²) in [7, 11) is 0. The number of nitro benzene ring substituents is 1. The highest BCUT2D eigenvalue weighted by Crippen LogP contribution is 2.22. The minimum Gasteiger partial charge on any atom is -0.337 e. The number of piperidine rings is 1. The SMILES string of the molecule is Cc1ccc(C(=O)N2CCCC(C#N)C2)cc1[N+](=O)[O-]. The fourth-order valence-corrected chi connectivity index (χ4v) is 2.39. The van der Waals surface area contributed by atoms with Crippen LogP contribution in [0.2, 0.25) is 0 Å². The lowest BCUT2D eigenvalue weighted by atomic mass is 9.98. The third-order valence-electron chi connectivity index (χ3n) is 3.54. The molecule has 1 atom stereocenters. The maximum absolute atomic E-state index is 12.3. The van der Waals surface area contributed by atoms with E-state index in [4.69, 9.17) is 5.26 Å². The first kappa shape index (κ1) is 14.0. The first-order valence-electron chi connectivity index (χ1n) is 6.47. The molecule has 1 aliphatic rings. The van der Waals surface area contributed by atoms with Crippen molar-refractivity contribution in [2.45, 2.75) is 19.8 Å². The Balaban J connectivity index is 2.23. The van der Waals surface area contributed by atoms with Gasteiger partial charge in [-0.05, 0) is 25.8 Å². The summed E-state index contributed by atoms with van der Waals surface area (Å²) in [5.74, 6) is -0.388. The predicted octanol–water partition coefficient (Wildman–Crippen LogP) is 2.28. The Morgan fingerprint density at radius 1 is 1.55 bits per heavy atom. The van der Waals surface area contributed by atoms with Crippen LogP contribution in [-0.4, -0.2) is 28.8 Å². The van der Waals surface area contributed by atoms with Crippen LogP contribution in [-0.2, 0) is 0 Å². The highest BCUT2D eigenvalue weighted by Gasteiger charge is 2.25. The lowest BCUT2D eigenvalue weighted by Gasteiger charge is -2.29. The number of nitrogens with zero attached hydrogens (tertiary/aromatic N) is 3. The van der Waals surface area contributed by atoms with Crippen LogP contribution >= 0.6 is 0 Å². The third-order valence-corrected chi connectivity index (χ3v) is 3.54. The summed E-state index contributed by atoms with van der Waals surface area (Å²) in [6.45, 7) is 2.63. The van der Waals surface area contributed by atoms with E-state index < -0.39 is 4.92 Å². The van der Waals surface area contributed by atoms with E-state index in [1.165, 1.54) is 6.07 Å². The van der Waals surface area contributed by atoms with E-state index in [2.05, 4.69) is 6.07 Å². The average Bonchev–Trinajstić information content (AvgIpc) is 2.46. The standard InChI is InChI=1S/C14H15N3O3/c1-10-4-5-12(7-13(10)17(19)20)14(18)16-6-2-3-11(8-15)9-16/h4-5,7,11H,2-3,6,9H2,1H3. The number of amides is 1. The molecule has 0 radical (unpaired) electrons. The van der Waals surface area contributed by atoms with E-state index in [9.17, 15) is 14.9 Å². The van der Waals surface area contributed by atoms with Gasteiger partial charge in [0.05, 0.1) is 16.9 Å². The number of carbonyl (C=O) groups is 1. The Hall–Kier alpha value is -2.42. The van der Waals surface area contributed by atoms with Crippen LogP contribution in [0.1, 0.15) is 28.8 Å². The largest absolute Gasteiger partial charge is 0.337 e. The van der Waals surface area contributed by atoms with Crippen LogP contribution in [0.3, 0.4) is 0 Å². The van der Waals surface area contributed by atoms with Gasteiger partial charge >= 0.3 is 0 Å². The average molecular weight is 273 g/mol. The van der Waals surface area contributed by atoms with Crippen molar-refractivity contribution in [1.82, 2.24) is 4.90 Å². The molecule has 20 heavy (non-hydrogen) atoms. The number of rotatable bonds is 2. The molecule has 0 N–H and O–H groups in total. The van der Waals surface area contributed by atoms with Crippen LogP contribution in [0.25, 0.3) is 0 Å². The van der Waals surface area contributed by atoms with Crippen molar-refractivity contribution in [3.05, 3.63) is 39.4 Å². The number of hydrogen-bond donors (Lipinski definition) is 0. The van der Waals surface area contributed by atoms with Gasteiger partial charge in [-0.2, -0.15) is 5.26 Å². The monoisotopic (exact) mass is 273 g/mol. The highest BCUT2D eigenvalue weighted by molar-refractivity contribution is 5.95. The summed E-state index contributed by atoms with van der Waals surface area (Å²) in [5, 5.41) is 19.8. The molecule has 1 heterocycles. The van der Waals surface area contributed by atoms with Crippen LogP contribution in [0.5, 0.6) is 0 Å². The topological polar surface area (TPSA) is 87.2 Å². The fourth-order valence-electron chi connectivity index (χ4n) is 2.39. The van der Waals surface area contributed by atoms with Crippen molar-refractivity contribution in [3.8, 4) is 6.07 Å². The first-order valence-corrected chi connectivity index (χ1v) is 6.47. The molecule has 0 saturated carbocycles. The summed E-state index contributed by atoms with van der Waals surface area (Å²) in [5.41, 5.74) is 0.783. The van der Waals surface area contributed by atoms with Crippen molar-refractivity contribution < 1.29 is 9.72 Å². The van der Waals surface area contributed by atoms with E-state index in [0.717, 1.165) is 12.8 Å². The van der Waals surface area contributed by atoms with Crippen molar-refractivity contribution in [2.24, 2.45) is 5.92 Å². The second-order valence-electron chi connectivity index (χ2n) is 4.98. The number of hydrogen-bond acceptors (Lipinski definition) is 4. The van der Waals surface area contributed by atoms with Gasteiger partial charge < -0.3 is 4.90 Å². The maximum atomic E-state index is 12.3. The Morgan fingerprint density at radius 2 is 2.30 bits per heavy atom. The van der Waals surface area contributed by atoms with E-state index in [0.29, 0.717) is 24.2 Å². The smallest absolute Gasteiger partial charge is 0.273 e. The normalized spacial score (nSPS) is 18.4. The molecule has 6 nitrogen and oxygen atoms in total. The second kappa shape index (κ2) is 5.70. The van der Waals surface area contributed by atoms with Gasteiger partial charge in [0.15, 0.2) is 0 Å². The van der Waals surface area contributed by atoms with E-state index in [-0.39, 0.29) is 17.5 Å². The molecule has 1 amide bonds. The van der Waals surface area contributed by atoms with E-state index in [1.807, 2.05) is 0 Å². The maximum Gasteiger partial charge on any atom is 0.273 e. The van der Waals surface area contributed by atoms with Crippen LogP contribution < -0.4 is 0 Å². The van der Waals surface area contributed by atoms with Crippen LogP contribution in [0, 0.1) is 34.3 Å². The summed E-state index contributed by atoms with van der Waals surface area (Å²) < 4.78 is 0. The van der Waals surface area contributed by atoms with Gasteiger partial charge in [0, 0.05) is 30.3 Å². The molecule has 1 fully saturated rings. The molecule has 104 valence electrons. The van der Waals surface area contributed by atoms with Crippen molar-refractivity contribution in [3.63, 3.8) is 0 Å². The summed E-state index contributed by atoms with van der Waals surface area (Å²) >= 11 is 0. The molecule has 6 heteroatoms. The molecular weight excluding hydrogens is 258 g/mol. The van der Waals surface area contributed by atoms with Gasteiger partial charge in [0.2, 0.25) is 0 Å². The van der Waals surface area contributed by atoms with Gasteiger partial charge in [0.25, 0.3) is 11.6 Å². The van der Waals surface area contributed by atoms with Gasteiger partial charge in [-0.15, -0.1) is 0 Å². The van der Waals surface area contributed by atoms with Crippen molar-refractivity contribution >= 4 is 11.6 Å². The highest BCUT2D eigenvalue weighted by atomic mass is 16.6. The van der Waals surface area contributed by atoms with Crippen molar-refractivity contribution in [1.29, 1.82) is 5.26 Å². The molecule has 2 rings (SSSR count). The summed E-state index contributed by atoms with van der Waals surface area (Å²) in [6, 6.07) is 6.67. The molecule has 0 aliphatic carbocycles. The molecule has 1 aliphatic heterocycles. The van der Waals surface area contributed by atoms with Gasteiger partial charge in [-0.1, -0.05) is 6.07 Å². The lowest BCUT2D eigenvalue weighted by molar-refractivity contribution is -0.385. The summed E-state index contributed by atoms with van der Waals surface area (Å²) in [6.07, 6.45) is 1.59. The third kappa shape index (κ3) is 2.77. The number of likely N-dealkylation sites (tertiary alicyclic amines) is 1. The Kier molecular flexibility index (Phi) is 3.99. The Morgan fingerprint density at radius 3 is 2.95 bits per heavy atom. The first-order chi connectivity index (χ1) is 9.52. The van der Waals surface area contributed by atoms with Gasteiger partial charge in [-0.3, -0.25) is 14.9 Å². The Labute approximate surface area is 116 Å².